The van der Waals surface area contributed by atoms with Crippen LogP contribution in [0, 0.1) is 0 Å². The number of rotatable bonds is 1. The monoisotopic (exact) mass is 106 g/mol. The summed E-state index contributed by atoms with van der Waals surface area (Å²) in [6, 6.07) is 0. The van der Waals surface area contributed by atoms with Gasteiger partial charge in [-0.2, -0.15) is 0 Å². The maximum absolute atomic E-state index is 9.32. The lowest BCUT2D eigenvalue weighted by Crippen LogP contribution is -1.92. The van der Waals surface area contributed by atoms with E-state index in [0.29, 0.717) is 5.37 Å². The smallest absolute Gasteiger partial charge is 0.341 e. The van der Waals surface area contributed by atoms with E-state index in [1.807, 2.05) is 0 Å². The van der Waals surface area contributed by atoms with Crippen molar-refractivity contribution in [3.63, 3.8) is 0 Å². The fourth-order valence-corrected chi connectivity index (χ4v) is 0.123. The molecule has 0 aliphatic rings. The summed E-state index contributed by atoms with van der Waals surface area (Å²) < 4.78 is 9.22. The van der Waals surface area contributed by atoms with Crippen LogP contribution in [0.4, 0.5) is 0 Å². The van der Waals surface area contributed by atoms with Gasteiger partial charge < -0.3 is 5.11 Å². The second-order valence-corrected chi connectivity index (χ2v) is 0.980. The van der Waals surface area contributed by atoms with Gasteiger partial charge in [0.15, 0.2) is 0 Å². The van der Waals surface area contributed by atoms with Crippen LogP contribution in [0.2, 0.25) is 0 Å². The van der Waals surface area contributed by atoms with E-state index in [2.05, 4.69) is 0 Å². The molecule has 1 N–H and O–H groups in total. The first-order valence-corrected chi connectivity index (χ1v) is 1.92. The van der Waals surface area contributed by atoms with Crippen LogP contribution in [0.15, 0.2) is 0 Å². The summed E-state index contributed by atoms with van der Waals surface area (Å²) in [5, 5.41) is 8.21. The molecule has 0 aromatic heterocycles. The summed E-state index contributed by atoms with van der Waals surface area (Å²) in [7, 11) is 0. The van der Waals surface area contributed by atoms with Gasteiger partial charge in [-0.05, 0) is 0 Å². The SMILES string of the molecule is O=S=CC(=O)O. The van der Waals surface area contributed by atoms with Crippen LogP contribution >= 0.6 is 0 Å². The molecular formula is C2H2O3S. The Kier molecular flexibility index (Phi) is 2.31. The highest BCUT2D eigenvalue weighted by molar-refractivity contribution is 7.66. The molecule has 0 fully saturated rings. The van der Waals surface area contributed by atoms with Crippen molar-refractivity contribution < 1.29 is 14.1 Å². The molecule has 0 radical (unpaired) electrons. The first-order chi connectivity index (χ1) is 2.77. The highest BCUT2D eigenvalue weighted by atomic mass is 32.1. The van der Waals surface area contributed by atoms with Gasteiger partial charge in [-0.15, -0.1) is 0 Å². The van der Waals surface area contributed by atoms with E-state index in [9.17, 15) is 9.00 Å². The first kappa shape index (κ1) is 5.36. The molecule has 0 atom stereocenters. The van der Waals surface area contributed by atoms with Gasteiger partial charge in [-0.1, -0.05) is 0 Å². The van der Waals surface area contributed by atoms with Crippen LogP contribution in [0.5, 0.6) is 0 Å². The molecule has 34 valence electrons. The molecule has 3 nitrogen and oxygen atoms in total. The number of carbonyl (C=O) groups is 1. The largest absolute Gasteiger partial charge is 0.477 e. The van der Waals surface area contributed by atoms with E-state index in [1.165, 1.54) is 0 Å². The van der Waals surface area contributed by atoms with Crippen LogP contribution in [-0.2, 0) is 16.1 Å². The molecule has 6 heavy (non-hydrogen) atoms. The topological polar surface area (TPSA) is 54.4 Å². The van der Waals surface area contributed by atoms with Crippen LogP contribution in [-0.4, -0.2) is 20.7 Å². The van der Waals surface area contributed by atoms with Gasteiger partial charge in [0.1, 0.15) is 5.37 Å². The second-order valence-electron chi connectivity index (χ2n) is 0.552. The molecule has 0 saturated heterocycles. The second kappa shape index (κ2) is 2.59. The molecule has 0 aromatic carbocycles. The molecule has 0 aromatic rings. The van der Waals surface area contributed by atoms with Crippen LogP contribution in [0.1, 0.15) is 0 Å². The third-order valence-corrected chi connectivity index (χ3v) is 0.447. The molecule has 0 heterocycles. The Morgan fingerprint density at radius 1 is 1.83 bits per heavy atom. The number of hydrogen-bond donors (Lipinski definition) is 1. The third kappa shape index (κ3) is 3.36. The third-order valence-electron chi connectivity index (χ3n) is 0.149. The predicted octanol–water partition coefficient (Wildman–Crippen LogP) is -0.914. The van der Waals surface area contributed by atoms with Crippen molar-refractivity contribution in [2.45, 2.75) is 0 Å². The summed E-state index contributed by atoms with van der Waals surface area (Å²) in [5.41, 5.74) is 0. The highest BCUT2D eigenvalue weighted by Crippen LogP contribution is 1.42. The molecular weight excluding hydrogens is 104 g/mol. The Morgan fingerprint density at radius 2 is 2.33 bits per heavy atom. The molecule has 0 amide bonds. The lowest BCUT2D eigenvalue weighted by molar-refractivity contribution is -0.128. The maximum atomic E-state index is 9.32. The minimum absolute atomic E-state index is 0.0648. The van der Waals surface area contributed by atoms with E-state index >= 15 is 0 Å². The van der Waals surface area contributed by atoms with Crippen molar-refractivity contribution >= 4 is 22.6 Å². The van der Waals surface area contributed by atoms with E-state index in [-0.39, 0.29) is 11.3 Å². The Morgan fingerprint density at radius 3 is 2.33 bits per heavy atom. The van der Waals surface area contributed by atoms with Gasteiger partial charge in [0.05, 0.1) is 11.3 Å². The predicted molar refractivity (Wildman–Crippen MR) is 21.8 cm³/mol. The fourth-order valence-electron chi connectivity index (χ4n) is 0.0412. The average molecular weight is 106 g/mol. The summed E-state index contributed by atoms with van der Waals surface area (Å²) >= 11 is -0.0648. The summed E-state index contributed by atoms with van der Waals surface area (Å²) in [6.07, 6.45) is 0. The average Bonchev–Trinajstić information content (AvgIpc) is 1.35. The zero-order valence-electron chi connectivity index (χ0n) is 2.75. The van der Waals surface area contributed by atoms with Crippen LogP contribution in [0.25, 0.3) is 0 Å². The molecule has 4 heteroatoms. The van der Waals surface area contributed by atoms with Gasteiger partial charge in [-0.25, -0.2) is 9.00 Å². The van der Waals surface area contributed by atoms with Gasteiger partial charge in [-0.3, -0.25) is 0 Å². The quantitative estimate of drug-likeness (QED) is 0.440. The van der Waals surface area contributed by atoms with Crippen molar-refractivity contribution in [3.05, 3.63) is 0 Å². The number of carboxylic acid groups (broad SMARTS) is 1. The molecule has 0 spiro atoms. The van der Waals surface area contributed by atoms with E-state index in [0.717, 1.165) is 0 Å². The van der Waals surface area contributed by atoms with E-state index in [4.69, 9.17) is 5.11 Å². The Hall–Kier alpha value is -0.640. The van der Waals surface area contributed by atoms with Crippen molar-refractivity contribution in [2.24, 2.45) is 0 Å². The lowest BCUT2D eigenvalue weighted by Gasteiger charge is -1.62. The molecule has 0 aliphatic heterocycles. The summed E-state index contributed by atoms with van der Waals surface area (Å²) in [6.45, 7) is 0. The normalized spacial score (nSPS) is 6.67. The van der Waals surface area contributed by atoms with Gasteiger partial charge >= 0.3 is 5.97 Å². The Balaban J connectivity index is 3.60. The van der Waals surface area contributed by atoms with Gasteiger partial charge in [0, 0.05) is 0 Å². The number of aliphatic carboxylic acids is 1. The fraction of sp³-hybridized carbons (Fsp3) is 0. The van der Waals surface area contributed by atoms with Crippen molar-refractivity contribution in [2.75, 3.05) is 0 Å². The Bertz CT molecular complexity index is 101. The minimum Gasteiger partial charge on any atom is -0.477 e. The Labute approximate surface area is 37.7 Å². The van der Waals surface area contributed by atoms with Crippen molar-refractivity contribution in [3.8, 4) is 0 Å². The molecule has 0 bridgehead atoms. The summed E-state index contributed by atoms with van der Waals surface area (Å²) in [5.74, 6) is -1.19. The molecule has 0 aliphatic carbocycles. The van der Waals surface area contributed by atoms with Gasteiger partial charge in [0.2, 0.25) is 0 Å². The van der Waals surface area contributed by atoms with Crippen LogP contribution in [0.3, 0.4) is 0 Å². The highest BCUT2D eigenvalue weighted by Gasteiger charge is 1.79. The van der Waals surface area contributed by atoms with Crippen molar-refractivity contribution in [1.82, 2.24) is 0 Å². The maximum Gasteiger partial charge on any atom is 0.341 e. The van der Waals surface area contributed by atoms with Crippen LogP contribution < -0.4 is 0 Å². The minimum atomic E-state index is -1.19. The van der Waals surface area contributed by atoms with E-state index < -0.39 is 5.97 Å². The number of carboxylic acids is 1. The molecule has 0 saturated carbocycles. The standard InChI is InChI=1S/C2H2O3S/c3-2(4)1-6-5/h1H,(H,3,4). The van der Waals surface area contributed by atoms with Gasteiger partial charge in [0.25, 0.3) is 0 Å². The lowest BCUT2D eigenvalue weighted by atomic mass is 10.8. The molecule has 0 rings (SSSR count). The number of hydrogen-bond acceptors (Lipinski definition) is 2. The van der Waals surface area contributed by atoms with Crippen molar-refractivity contribution in [1.29, 1.82) is 0 Å². The zero-order chi connectivity index (χ0) is 4.99. The zero-order valence-corrected chi connectivity index (χ0v) is 3.57. The molecule has 0 unspecified atom stereocenters. The summed E-state index contributed by atoms with van der Waals surface area (Å²) in [4.78, 5) is 9.32. The van der Waals surface area contributed by atoms with E-state index in [1.54, 1.807) is 0 Å². The first-order valence-electron chi connectivity index (χ1n) is 1.12.